The van der Waals surface area contributed by atoms with E-state index in [0.717, 1.165) is 35.4 Å². The highest BCUT2D eigenvalue weighted by Crippen LogP contribution is 2.31. The Morgan fingerprint density at radius 3 is 2.65 bits per heavy atom. The van der Waals surface area contributed by atoms with Crippen molar-refractivity contribution in [3.05, 3.63) is 71.7 Å². The molecule has 1 aliphatic rings. The molecule has 0 atom stereocenters. The third-order valence-corrected chi connectivity index (χ3v) is 6.34. The van der Waals surface area contributed by atoms with E-state index < -0.39 is 0 Å². The van der Waals surface area contributed by atoms with Crippen LogP contribution < -0.4 is 4.90 Å². The minimum atomic E-state index is -0.255. The lowest BCUT2D eigenvalue weighted by Crippen LogP contribution is -2.37. The first kappa shape index (κ1) is 20.0. The summed E-state index contributed by atoms with van der Waals surface area (Å²) in [6.45, 7) is 4.98. The molecule has 1 fully saturated rings. The molecule has 1 saturated heterocycles. The lowest BCUT2D eigenvalue weighted by atomic mass is 10.1. The second-order valence-electron chi connectivity index (χ2n) is 7.45. The fraction of sp³-hybridized carbons (Fsp3) is 0.261. The van der Waals surface area contributed by atoms with Gasteiger partial charge in [-0.25, -0.2) is 4.39 Å². The molecule has 8 heteroatoms. The minimum Gasteiger partial charge on any atom is -0.378 e. The van der Waals surface area contributed by atoms with Crippen LogP contribution in [0.15, 0.2) is 59.9 Å². The molecule has 2 aromatic carbocycles. The van der Waals surface area contributed by atoms with Crippen LogP contribution in [0, 0.1) is 12.7 Å². The van der Waals surface area contributed by atoms with Crippen molar-refractivity contribution in [1.29, 1.82) is 0 Å². The Morgan fingerprint density at radius 2 is 1.84 bits per heavy atom. The molecule has 158 valence electrons. The standard InChI is InChI=1S/C23H22FN5OS/c1-16-4-7-18(8-5-16)29-22(28-11-13-30-14-12-28)26-27-23(29)31-15-17-6-9-20(24)19-3-2-10-25-21(17)19/h2-10H,11-15H2,1H3. The van der Waals surface area contributed by atoms with Gasteiger partial charge in [-0.1, -0.05) is 35.5 Å². The molecule has 2 aromatic heterocycles. The van der Waals surface area contributed by atoms with Gasteiger partial charge in [-0.05, 0) is 42.8 Å². The molecule has 0 radical (unpaired) electrons. The van der Waals surface area contributed by atoms with Gasteiger partial charge in [-0.3, -0.25) is 9.55 Å². The molecule has 3 heterocycles. The molecular formula is C23H22FN5OS. The van der Waals surface area contributed by atoms with Crippen molar-refractivity contribution < 1.29 is 9.13 Å². The average Bonchev–Trinajstić information content (AvgIpc) is 3.24. The number of pyridine rings is 1. The Hall–Kier alpha value is -2.97. The highest BCUT2D eigenvalue weighted by atomic mass is 32.2. The number of halogens is 1. The number of hydrogen-bond acceptors (Lipinski definition) is 6. The summed E-state index contributed by atoms with van der Waals surface area (Å²) in [6, 6.07) is 15.2. The topological polar surface area (TPSA) is 56.1 Å². The number of nitrogens with zero attached hydrogens (tertiary/aromatic N) is 5. The fourth-order valence-electron chi connectivity index (χ4n) is 3.70. The first-order valence-electron chi connectivity index (χ1n) is 10.2. The summed E-state index contributed by atoms with van der Waals surface area (Å²) >= 11 is 1.57. The van der Waals surface area contributed by atoms with Gasteiger partial charge in [0.1, 0.15) is 5.82 Å². The number of benzene rings is 2. The molecule has 0 N–H and O–H groups in total. The molecule has 5 rings (SSSR count). The summed E-state index contributed by atoms with van der Waals surface area (Å²) in [5.74, 6) is 1.17. The molecule has 0 bridgehead atoms. The molecular weight excluding hydrogens is 413 g/mol. The lowest BCUT2D eigenvalue weighted by molar-refractivity contribution is 0.122. The Balaban J connectivity index is 1.50. The summed E-state index contributed by atoms with van der Waals surface area (Å²) < 4.78 is 21.8. The number of anilines is 1. The fourth-order valence-corrected chi connectivity index (χ4v) is 4.63. The maximum atomic E-state index is 14.2. The normalized spacial score (nSPS) is 14.3. The van der Waals surface area contributed by atoms with E-state index in [2.05, 4.69) is 55.8 Å². The van der Waals surface area contributed by atoms with Crippen LogP contribution in [0.4, 0.5) is 10.3 Å². The average molecular weight is 436 g/mol. The number of thioether (sulfide) groups is 1. The molecule has 4 aromatic rings. The number of aromatic nitrogens is 4. The molecule has 31 heavy (non-hydrogen) atoms. The van der Waals surface area contributed by atoms with E-state index in [9.17, 15) is 4.39 Å². The van der Waals surface area contributed by atoms with Crippen LogP contribution in [0.3, 0.4) is 0 Å². The van der Waals surface area contributed by atoms with E-state index in [1.807, 2.05) is 0 Å². The molecule has 0 unspecified atom stereocenters. The first-order valence-corrected chi connectivity index (χ1v) is 11.2. The summed E-state index contributed by atoms with van der Waals surface area (Å²) in [5.41, 5.74) is 3.86. The largest absolute Gasteiger partial charge is 0.378 e. The van der Waals surface area contributed by atoms with Crippen LogP contribution in [-0.4, -0.2) is 46.1 Å². The summed E-state index contributed by atoms with van der Waals surface area (Å²) in [4.78, 5) is 6.61. The monoisotopic (exact) mass is 435 g/mol. The predicted octanol–water partition coefficient (Wildman–Crippen LogP) is 4.39. The lowest BCUT2D eigenvalue weighted by Gasteiger charge is -2.28. The SMILES string of the molecule is Cc1ccc(-n2c(SCc3ccc(F)c4cccnc34)nnc2N2CCOCC2)cc1. The number of fused-ring (bicyclic) bond motifs is 1. The van der Waals surface area contributed by atoms with Gasteiger partial charge < -0.3 is 9.64 Å². The maximum absolute atomic E-state index is 14.2. The molecule has 0 aliphatic carbocycles. The van der Waals surface area contributed by atoms with Gasteiger partial charge in [-0.2, -0.15) is 0 Å². The van der Waals surface area contributed by atoms with Crippen molar-refractivity contribution in [2.75, 3.05) is 31.2 Å². The zero-order valence-electron chi connectivity index (χ0n) is 17.2. The van der Waals surface area contributed by atoms with Crippen molar-refractivity contribution in [3.8, 4) is 5.69 Å². The second-order valence-corrected chi connectivity index (χ2v) is 8.39. The van der Waals surface area contributed by atoms with Crippen LogP contribution in [0.25, 0.3) is 16.6 Å². The smallest absolute Gasteiger partial charge is 0.232 e. The zero-order chi connectivity index (χ0) is 21.2. The Morgan fingerprint density at radius 1 is 1.03 bits per heavy atom. The second kappa shape index (κ2) is 8.64. The van der Waals surface area contributed by atoms with Crippen LogP contribution in [0.5, 0.6) is 0 Å². The van der Waals surface area contributed by atoms with Crippen LogP contribution in [-0.2, 0) is 10.5 Å². The van der Waals surface area contributed by atoms with Crippen molar-refractivity contribution in [3.63, 3.8) is 0 Å². The number of hydrogen-bond donors (Lipinski definition) is 0. The van der Waals surface area contributed by atoms with Crippen molar-refractivity contribution in [1.82, 2.24) is 19.7 Å². The van der Waals surface area contributed by atoms with Crippen molar-refractivity contribution >= 4 is 28.6 Å². The van der Waals surface area contributed by atoms with Crippen LogP contribution in [0.1, 0.15) is 11.1 Å². The minimum absolute atomic E-state index is 0.255. The van der Waals surface area contributed by atoms with E-state index in [0.29, 0.717) is 29.9 Å². The molecule has 1 aliphatic heterocycles. The van der Waals surface area contributed by atoms with E-state index in [1.165, 1.54) is 11.6 Å². The summed E-state index contributed by atoms with van der Waals surface area (Å²) in [6.07, 6.45) is 1.70. The zero-order valence-corrected chi connectivity index (χ0v) is 18.0. The van der Waals surface area contributed by atoms with Gasteiger partial charge in [0, 0.05) is 30.4 Å². The van der Waals surface area contributed by atoms with E-state index in [1.54, 1.807) is 36.2 Å². The summed E-state index contributed by atoms with van der Waals surface area (Å²) in [7, 11) is 0. The highest BCUT2D eigenvalue weighted by molar-refractivity contribution is 7.98. The highest BCUT2D eigenvalue weighted by Gasteiger charge is 2.22. The number of morpholine rings is 1. The first-order chi connectivity index (χ1) is 15.2. The summed E-state index contributed by atoms with van der Waals surface area (Å²) in [5, 5.41) is 10.3. The van der Waals surface area contributed by atoms with Crippen molar-refractivity contribution in [2.24, 2.45) is 0 Å². The van der Waals surface area contributed by atoms with Crippen LogP contribution >= 0.6 is 11.8 Å². The Labute approximate surface area is 184 Å². The van der Waals surface area contributed by atoms with Gasteiger partial charge in [0.25, 0.3) is 0 Å². The molecule has 0 amide bonds. The van der Waals surface area contributed by atoms with Gasteiger partial charge in [0.2, 0.25) is 5.95 Å². The van der Waals surface area contributed by atoms with Gasteiger partial charge in [0.05, 0.1) is 24.4 Å². The Kier molecular flexibility index (Phi) is 5.57. The molecule has 6 nitrogen and oxygen atoms in total. The van der Waals surface area contributed by atoms with Crippen LogP contribution in [0.2, 0.25) is 0 Å². The maximum Gasteiger partial charge on any atom is 0.232 e. The van der Waals surface area contributed by atoms with E-state index in [-0.39, 0.29) is 5.82 Å². The third-order valence-electron chi connectivity index (χ3n) is 5.36. The third kappa shape index (κ3) is 4.00. The number of rotatable bonds is 5. The quantitative estimate of drug-likeness (QED) is 0.434. The Bertz CT molecular complexity index is 1200. The van der Waals surface area contributed by atoms with Gasteiger partial charge in [0.15, 0.2) is 5.16 Å². The van der Waals surface area contributed by atoms with E-state index in [4.69, 9.17) is 4.74 Å². The molecule has 0 saturated carbocycles. The van der Waals surface area contributed by atoms with Gasteiger partial charge in [-0.15, -0.1) is 10.2 Å². The van der Waals surface area contributed by atoms with E-state index >= 15 is 0 Å². The predicted molar refractivity (Wildman–Crippen MR) is 120 cm³/mol. The van der Waals surface area contributed by atoms with Crippen molar-refractivity contribution in [2.45, 2.75) is 17.8 Å². The van der Waals surface area contributed by atoms with Gasteiger partial charge >= 0.3 is 0 Å². The number of aryl methyl sites for hydroxylation is 1. The molecule has 0 spiro atoms. The number of ether oxygens (including phenoxy) is 1.